The van der Waals surface area contributed by atoms with Gasteiger partial charge in [-0.1, -0.05) is 12.1 Å². The highest BCUT2D eigenvalue weighted by atomic mass is 16.5. The van der Waals surface area contributed by atoms with Gasteiger partial charge in [0.2, 0.25) is 0 Å². The highest BCUT2D eigenvalue weighted by Gasteiger charge is 2.19. The third-order valence-electron chi connectivity index (χ3n) is 6.17. The van der Waals surface area contributed by atoms with Crippen LogP contribution in [-0.2, 0) is 11.3 Å². The lowest BCUT2D eigenvalue weighted by Gasteiger charge is -2.28. The van der Waals surface area contributed by atoms with Gasteiger partial charge in [0.1, 0.15) is 11.3 Å². The molecule has 9 nitrogen and oxygen atoms in total. The zero-order valence-electron chi connectivity index (χ0n) is 19.7. The van der Waals surface area contributed by atoms with Crippen molar-refractivity contribution >= 4 is 22.8 Å². The summed E-state index contributed by atoms with van der Waals surface area (Å²) < 4.78 is 13.7. The van der Waals surface area contributed by atoms with Gasteiger partial charge in [0.05, 0.1) is 44.3 Å². The highest BCUT2D eigenvalue weighted by molar-refractivity contribution is 6.08. The van der Waals surface area contributed by atoms with Gasteiger partial charge in [-0.3, -0.25) is 9.59 Å². The molecule has 1 aliphatic heterocycles. The van der Waals surface area contributed by atoms with Crippen molar-refractivity contribution in [2.75, 3.05) is 43.6 Å². The fraction of sp³-hybridized carbons (Fsp3) is 0.269. The molecule has 2 aromatic heterocycles. The zero-order valence-corrected chi connectivity index (χ0v) is 19.7. The number of nitrogens with zero attached hydrogens (tertiary/aromatic N) is 4. The SMILES string of the molecule is COc1ccc(Cn2cc(C)n3ncc(C(=O)Nc4ccc(N5CCOCC5)cc4)c3c2=O)cc1. The molecule has 9 heteroatoms. The van der Waals surface area contributed by atoms with E-state index in [0.29, 0.717) is 25.4 Å². The molecule has 0 spiro atoms. The number of anilines is 2. The third kappa shape index (κ3) is 4.63. The molecule has 1 saturated heterocycles. The molecule has 2 aromatic carbocycles. The van der Waals surface area contributed by atoms with Gasteiger partial charge in [-0.25, -0.2) is 4.52 Å². The monoisotopic (exact) mass is 473 g/mol. The van der Waals surface area contributed by atoms with Crippen LogP contribution in [0.25, 0.3) is 5.52 Å². The fourth-order valence-electron chi connectivity index (χ4n) is 4.28. The summed E-state index contributed by atoms with van der Waals surface area (Å²) in [7, 11) is 1.61. The lowest BCUT2D eigenvalue weighted by molar-refractivity contribution is 0.102. The number of aromatic nitrogens is 3. The average molecular weight is 474 g/mol. The van der Waals surface area contributed by atoms with Gasteiger partial charge < -0.3 is 24.3 Å². The molecule has 4 aromatic rings. The summed E-state index contributed by atoms with van der Waals surface area (Å²) in [4.78, 5) is 28.7. The summed E-state index contributed by atoms with van der Waals surface area (Å²) in [5, 5.41) is 7.19. The topological polar surface area (TPSA) is 90.1 Å². The van der Waals surface area contributed by atoms with Crippen molar-refractivity contribution in [3.63, 3.8) is 0 Å². The Bertz CT molecular complexity index is 1400. The molecule has 0 atom stereocenters. The van der Waals surface area contributed by atoms with Gasteiger partial charge >= 0.3 is 0 Å². The van der Waals surface area contributed by atoms with E-state index in [-0.39, 0.29) is 22.5 Å². The number of carbonyl (C=O) groups excluding carboxylic acids is 1. The molecule has 1 amide bonds. The van der Waals surface area contributed by atoms with Crippen LogP contribution in [0.2, 0.25) is 0 Å². The first-order chi connectivity index (χ1) is 17.0. The van der Waals surface area contributed by atoms with E-state index in [1.165, 1.54) is 10.7 Å². The van der Waals surface area contributed by atoms with Gasteiger partial charge in [0.25, 0.3) is 11.5 Å². The minimum Gasteiger partial charge on any atom is -0.497 e. The Hall–Kier alpha value is -4.11. The van der Waals surface area contributed by atoms with E-state index < -0.39 is 0 Å². The van der Waals surface area contributed by atoms with Gasteiger partial charge in [-0.05, 0) is 48.9 Å². The molecular formula is C26H27N5O4. The van der Waals surface area contributed by atoms with Gasteiger partial charge in [0, 0.05) is 30.7 Å². The standard InChI is InChI=1S/C26H27N5O4/c1-18-16-30(17-19-3-9-22(34-2)10-4-19)26(33)24-23(15-27-31(18)24)25(32)28-20-5-7-21(8-6-20)29-11-13-35-14-12-29/h3-10,15-16H,11-14,17H2,1-2H3,(H,28,32). The molecule has 0 radical (unpaired) electrons. The molecule has 0 saturated carbocycles. The predicted molar refractivity (Wildman–Crippen MR) is 134 cm³/mol. The number of hydrogen-bond acceptors (Lipinski definition) is 6. The van der Waals surface area contributed by atoms with Crippen LogP contribution in [0.5, 0.6) is 5.75 Å². The Balaban J connectivity index is 1.39. The smallest absolute Gasteiger partial charge is 0.277 e. The summed E-state index contributed by atoms with van der Waals surface area (Å²) in [6, 6.07) is 15.2. The summed E-state index contributed by atoms with van der Waals surface area (Å²) in [6.07, 6.45) is 3.19. The maximum Gasteiger partial charge on any atom is 0.277 e. The van der Waals surface area contributed by atoms with Crippen LogP contribution in [0.15, 0.2) is 65.7 Å². The molecule has 5 rings (SSSR count). The maximum absolute atomic E-state index is 13.3. The summed E-state index contributed by atoms with van der Waals surface area (Å²) >= 11 is 0. The van der Waals surface area contributed by atoms with Crippen LogP contribution < -0.4 is 20.5 Å². The fourth-order valence-corrected chi connectivity index (χ4v) is 4.28. The van der Waals surface area contributed by atoms with Crippen LogP contribution in [0, 0.1) is 6.92 Å². The van der Waals surface area contributed by atoms with Crippen LogP contribution >= 0.6 is 0 Å². The number of fused-ring (bicyclic) bond motifs is 1. The van der Waals surface area contributed by atoms with Crippen molar-refractivity contribution in [2.45, 2.75) is 13.5 Å². The molecule has 0 aliphatic carbocycles. The number of rotatable bonds is 6. The summed E-state index contributed by atoms with van der Waals surface area (Å²) in [6.45, 7) is 5.34. The Morgan fingerprint density at radius 2 is 1.80 bits per heavy atom. The maximum atomic E-state index is 13.3. The van der Waals surface area contributed by atoms with E-state index >= 15 is 0 Å². The molecular weight excluding hydrogens is 446 g/mol. The average Bonchev–Trinajstić information content (AvgIpc) is 3.35. The largest absolute Gasteiger partial charge is 0.497 e. The number of benzene rings is 2. The molecule has 3 heterocycles. The van der Waals surface area contributed by atoms with Crippen molar-refractivity contribution in [1.82, 2.24) is 14.2 Å². The second-order valence-electron chi connectivity index (χ2n) is 8.47. The Labute approximate surface area is 202 Å². The van der Waals surface area contributed by atoms with E-state index in [0.717, 1.165) is 35.8 Å². The molecule has 0 bridgehead atoms. The number of aryl methyl sites for hydroxylation is 1. The van der Waals surface area contributed by atoms with Crippen molar-refractivity contribution < 1.29 is 14.3 Å². The quantitative estimate of drug-likeness (QED) is 0.463. The lowest BCUT2D eigenvalue weighted by atomic mass is 10.2. The number of ether oxygens (including phenoxy) is 2. The molecule has 35 heavy (non-hydrogen) atoms. The van der Waals surface area contributed by atoms with Crippen molar-refractivity contribution in [3.8, 4) is 5.75 Å². The number of methoxy groups -OCH3 is 1. The predicted octanol–water partition coefficient (Wildman–Crippen LogP) is 2.95. The normalized spacial score (nSPS) is 13.7. The molecule has 0 unspecified atom stereocenters. The minimum atomic E-state index is -0.377. The Kier molecular flexibility index (Phi) is 6.24. The number of carbonyl (C=O) groups is 1. The minimum absolute atomic E-state index is 0.236. The molecule has 1 aliphatic rings. The molecule has 1 N–H and O–H groups in total. The number of amides is 1. The second kappa shape index (κ2) is 9.63. The van der Waals surface area contributed by atoms with Crippen molar-refractivity contribution in [2.24, 2.45) is 0 Å². The van der Waals surface area contributed by atoms with Crippen molar-refractivity contribution in [3.05, 3.63) is 88.1 Å². The van der Waals surface area contributed by atoms with E-state index in [1.54, 1.807) is 17.9 Å². The van der Waals surface area contributed by atoms with Gasteiger partial charge in [-0.15, -0.1) is 0 Å². The second-order valence-corrected chi connectivity index (χ2v) is 8.47. The van der Waals surface area contributed by atoms with Crippen molar-refractivity contribution in [1.29, 1.82) is 0 Å². The van der Waals surface area contributed by atoms with E-state index in [4.69, 9.17) is 9.47 Å². The summed E-state index contributed by atoms with van der Waals surface area (Å²) in [5.41, 5.74) is 3.64. The highest BCUT2D eigenvalue weighted by Crippen LogP contribution is 2.20. The Morgan fingerprint density at radius 1 is 1.09 bits per heavy atom. The van der Waals surface area contributed by atoms with Crippen LogP contribution in [0.4, 0.5) is 11.4 Å². The first-order valence-electron chi connectivity index (χ1n) is 11.5. The van der Waals surface area contributed by atoms with Crippen LogP contribution in [0.3, 0.4) is 0 Å². The van der Waals surface area contributed by atoms with Crippen LogP contribution in [-0.4, -0.2) is 53.5 Å². The first kappa shape index (κ1) is 22.7. The number of morpholine rings is 1. The van der Waals surface area contributed by atoms with E-state index in [2.05, 4.69) is 15.3 Å². The van der Waals surface area contributed by atoms with Gasteiger partial charge in [0.15, 0.2) is 0 Å². The molecule has 180 valence electrons. The third-order valence-corrected chi connectivity index (χ3v) is 6.17. The van der Waals surface area contributed by atoms with Crippen LogP contribution in [0.1, 0.15) is 21.6 Å². The van der Waals surface area contributed by atoms with Gasteiger partial charge in [-0.2, -0.15) is 5.10 Å². The molecule has 1 fully saturated rings. The number of nitrogens with one attached hydrogen (secondary N) is 1. The van der Waals surface area contributed by atoms with E-state index in [9.17, 15) is 9.59 Å². The summed E-state index contributed by atoms with van der Waals surface area (Å²) in [5.74, 6) is 0.373. The zero-order chi connectivity index (χ0) is 24.4. The first-order valence-corrected chi connectivity index (χ1v) is 11.5. The van der Waals surface area contributed by atoms with E-state index in [1.807, 2.05) is 55.5 Å². The Morgan fingerprint density at radius 3 is 2.49 bits per heavy atom. The number of hydrogen-bond donors (Lipinski definition) is 1. The lowest BCUT2D eigenvalue weighted by Crippen LogP contribution is -2.36.